The summed E-state index contributed by atoms with van der Waals surface area (Å²) in [6.45, 7) is 3.79. The highest BCUT2D eigenvalue weighted by molar-refractivity contribution is 5.70. The lowest BCUT2D eigenvalue weighted by atomic mass is 10.2. The van der Waals surface area contributed by atoms with Crippen LogP contribution in [0.5, 0.6) is 0 Å². The maximum atomic E-state index is 12.1. The maximum absolute atomic E-state index is 12.1. The lowest BCUT2D eigenvalue weighted by molar-refractivity contribution is -0.161. The number of aliphatic hydroxyl groups is 1. The van der Waals surface area contributed by atoms with E-state index in [1.807, 2.05) is 0 Å². The second-order valence-electron chi connectivity index (χ2n) is 10.8. The Morgan fingerprint density at radius 3 is 1.28 bits per heavy atom. The second-order valence-corrected chi connectivity index (χ2v) is 10.8. The second kappa shape index (κ2) is 36.0. The summed E-state index contributed by atoms with van der Waals surface area (Å²) in [5.41, 5.74) is 0. The molecule has 0 saturated carbocycles. The molecule has 256 valence electrons. The Labute approximate surface area is 280 Å². The van der Waals surface area contributed by atoms with Crippen LogP contribution in [0.2, 0.25) is 0 Å². The number of carbonyl (C=O) groups excluding carboxylic acids is 2. The number of carbonyl (C=O) groups is 2. The van der Waals surface area contributed by atoms with E-state index in [-0.39, 0.29) is 31.6 Å². The van der Waals surface area contributed by atoms with Crippen molar-refractivity contribution in [1.82, 2.24) is 0 Å². The Hall–Kier alpha value is -3.44. The molecule has 1 N–H and O–H groups in total. The number of hydrogen-bond donors (Lipinski definition) is 1. The van der Waals surface area contributed by atoms with Crippen molar-refractivity contribution >= 4 is 11.9 Å². The average Bonchev–Trinajstić information content (AvgIpc) is 3.06. The monoisotopic (exact) mass is 634 g/mol. The fraction of sp³-hybridized carbons (Fsp3) is 0.512. The van der Waals surface area contributed by atoms with E-state index in [0.717, 1.165) is 83.5 Å². The quantitative estimate of drug-likeness (QED) is 0.0503. The van der Waals surface area contributed by atoms with E-state index in [1.165, 1.54) is 0 Å². The molecule has 5 nitrogen and oxygen atoms in total. The maximum Gasteiger partial charge on any atom is 0.306 e. The zero-order valence-corrected chi connectivity index (χ0v) is 28.8. The van der Waals surface area contributed by atoms with Crippen molar-refractivity contribution in [3.05, 3.63) is 109 Å². The molecule has 1 atom stereocenters. The highest BCUT2D eigenvalue weighted by Gasteiger charge is 2.15. The van der Waals surface area contributed by atoms with E-state index in [1.54, 1.807) is 0 Å². The Bertz CT molecular complexity index is 990. The van der Waals surface area contributed by atoms with Gasteiger partial charge in [0.05, 0.1) is 6.61 Å². The van der Waals surface area contributed by atoms with Crippen molar-refractivity contribution in [3.63, 3.8) is 0 Å². The predicted molar refractivity (Wildman–Crippen MR) is 195 cm³/mol. The van der Waals surface area contributed by atoms with Gasteiger partial charge in [0.2, 0.25) is 0 Å². The van der Waals surface area contributed by atoms with Crippen LogP contribution < -0.4 is 0 Å². The predicted octanol–water partition coefficient (Wildman–Crippen LogP) is 10.7. The molecule has 0 spiro atoms. The zero-order chi connectivity index (χ0) is 33.6. The SMILES string of the molecule is CC/C=C\C/C=C\C/C=C\C/C=C\C/C=C\CCCC(=O)O[C@@H](CO)COC(=O)CCCC/C=C\C/C=C\C/C=C\C/C=C\CC. The molecule has 0 rings (SSSR count). The Kier molecular flexibility index (Phi) is 33.3. The number of aliphatic hydroxyl groups excluding tert-OH is 1. The summed E-state index contributed by atoms with van der Waals surface area (Å²) in [7, 11) is 0. The summed E-state index contributed by atoms with van der Waals surface area (Å²) >= 11 is 0. The summed E-state index contributed by atoms with van der Waals surface area (Å²) in [5, 5.41) is 9.51. The fourth-order valence-electron chi connectivity index (χ4n) is 3.99. The molecular formula is C41H62O5. The number of esters is 2. The van der Waals surface area contributed by atoms with Crippen molar-refractivity contribution < 1.29 is 24.2 Å². The number of ether oxygens (including phenoxy) is 2. The van der Waals surface area contributed by atoms with E-state index in [9.17, 15) is 14.7 Å². The smallest absolute Gasteiger partial charge is 0.306 e. The van der Waals surface area contributed by atoms with E-state index < -0.39 is 6.10 Å². The van der Waals surface area contributed by atoms with Crippen molar-refractivity contribution in [1.29, 1.82) is 0 Å². The van der Waals surface area contributed by atoms with Gasteiger partial charge in [0.15, 0.2) is 6.10 Å². The van der Waals surface area contributed by atoms with Crippen LogP contribution in [0.1, 0.15) is 117 Å². The number of allylic oxidation sites excluding steroid dienone is 18. The van der Waals surface area contributed by atoms with Crippen LogP contribution in [-0.4, -0.2) is 36.4 Å². The van der Waals surface area contributed by atoms with Crippen LogP contribution in [0.15, 0.2) is 109 Å². The largest absolute Gasteiger partial charge is 0.462 e. The molecule has 0 aliphatic heterocycles. The summed E-state index contributed by atoms with van der Waals surface area (Å²) in [4.78, 5) is 24.1. The first kappa shape index (κ1) is 42.6. The minimum Gasteiger partial charge on any atom is -0.462 e. The van der Waals surface area contributed by atoms with Gasteiger partial charge in [-0.25, -0.2) is 0 Å². The first-order valence-corrected chi connectivity index (χ1v) is 17.4. The Morgan fingerprint density at radius 2 is 0.870 bits per heavy atom. The third-order valence-electron chi connectivity index (χ3n) is 6.56. The van der Waals surface area contributed by atoms with Gasteiger partial charge in [-0.05, 0) is 89.9 Å². The number of hydrogen-bond acceptors (Lipinski definition) is 5. The van der Waals surface area contributed by atoms with Crippen LogP contribution in [0.4, 0.5) is 0 Å². The third kappa shape index (κ3) is 33.5. The highest BCUT2D eigenvalue weighted by Crippen LogP contribution is 2.06. The van der Waals surface area contributed by atoms with Crippen molar-refractivity contribution in [2.24, 2.45) is 0 Å². The molecule has 0 aromatic rings. The molecule has 0 heterocycles. The molecule has 0 saturated heterocycles. The summed E-state index contributed by atoms with van der Waals surface area (Å²) in [6, 6.07) is 0. The standard InChI is InChI=1S/C41H62O5/c1-3-5-7-9-11-13-15-17-19-20-22-24-26-28-30-32-34-36-41(44)46-39(37-42)38-45-40(43)35-33-31-29-27-25-23-21-18-16-14-12-10-8-6-4-2/h5-8,11-14,17-19,21-22,24-25,27-28,30,39,42H,3-4,9-10,15-16,20,23,26,29,31-38H2,1-2H3/b7-5-,8-6-,13-11-,14-12-,19-17-,21-18-,24-22-,27-25-,30-28-/t39-/m0/s1. The van der Waals surface area contributed by atoms with Crippen molar-refractivity contribution in [3.8, 4) is 0 Å². The molecule has 0 radical (unpaired) electrons. The van der Waals surface area contributed by atoms with Crippen LogP contribution in [-0.2, 0) is 19.1 Å². The van der Waals surface area contributed by atoms with Gasteiger partial charge in [-0.15, -0.1) is 0 Å². The lowest BCUT2D eigenvalue weighted by Crippen LogP contribution is -2.28. The topological polar surface area (TPSA) is 72.8 Å². The molecule has 0 aromatic heterocycles. The molecule has 0 aromatic carbocycles. The van der Waals surface area contributed by atoms with E-state index in [4.69, 9.17) is 9.47 Å². The molecular weight excluding hydrogens is 572 g/mol. The van der Waals surface area contributed by atoms with Crippen molar-refractivity contribution in [2.75, 3.05) is 13.2 Å². The average molecular weight is 635 g/mol. The number of rotatable bonds is 29. The minimum atomic E-state index is -0.825. The van der Waals surface area contributed by atoms with Gasteiger partial charge in [0.25, 0.3) is 0 Å². The molecule has 5 heteroatoms. The van der Waals surface area contributed by atoms with Crippen molar-refractivity contribution in [2.45, 2.75) is 123 Å². The van der Waals surface area contributed by atoms with Crippen LogP contribution >= 0.6 is 0 Å². The minimum absolute atomic E-state index is 0.118. The van der Waals surface area contributed by atoms with Gasteiger partial charge in [0, 0.05) is 12.8 Å². The molecule has 0 amide bonds. The highest BCUT2D eigenvalue weighted by atomic mass is 16.6. The molecule has 0 aliphatic carbocycles. The third-order valence-corrected chi connectivity index (χ3v) is 6.56. The fourth-order valence-corrected chi connectivity index (χ4v) is 3.99. The zero-order valence-electron chi connectivity index (χ0n) is 28.8. The Balaban J connectivity index is 3.81. The molecule has 0 bridgehead atoms. The normalized spacial score (nSPS) is 13.5. The van der Waals surface area contributed by atoms with Crippen LogP contribution in [0.3, 0.4) is 0 Å². The first-order chi connectivity index (χ1) is 22.6. The summed E-state index contributed by atoms with van der Waals surface area (Å²) in [6.07, 6.45) is 51.5. The number of unbranched alkanes of at least 4 members (excludes halogenated alkanes) is 3. The molecule has 0 aliphatic rings. The van der Waals surface area contributed by atoms with E-state index in [2.05, 4.69) is 123 Å². The molecule has 46 heavy (non-hydrogen) atoms. The van der Waals surface area contributed by atoms with Gasteiger partial charge in [0.1, 0.15) is 6.61 Å². The Morgan fingerprint density at radius 1 is 0.500 bits per heavy atom. The summed E-state index contributed by atoms with van der Waals surface area (Å²) < 4.78 is 10.5. The van der Waals surface area contributed by atoms with Gasteiger partial charge < -0.3 is 14.6 Å². The van der Waals surface area contributed by atoms with Crippen LogP contribution in [0, 0.1) is 0 Å². The van der Waals surface area contributed by atoms with E-state index in [0.29, 0.717) is 12.8 Å². The lowest BCUT2D eigenvalue weighted by Gasteiger charge is -2.15. The molecule has 0 unspecified atom stereocenters. The van der Waals surface area contributed by atoms with Crippen LogP contribution in [0.25, 0.3) is 0 Å². The van der Waals surface area contributed by atoms with E-state index >= 15 is 0 Å². The molecule has 0 fully saturated rings. The van der Waals surface area contributed by atoms with Gasteiger partial charge >= 0.3 is 11.9 Å². The van der Waals surface area contributed by atoms with Gasteiger partial charge in [-0.2, -0.15) is 0 Å². The summed E-state index contributed by atoms with van der Waals surface area (Å²) in [5.74, 6) is -0.724. The van der Waals surface area contributed by atoms with Gasteiger partial charge in [-0.1, -0.05) is 123 Å². The first-order valence-electron chi connectivity index (χ1n) is 17.4. The van der Waals surface area contributed by atoms with Gasteiger partial charge in [-0.3, -0.25) is 9.59 Å².